The third-order valence-electron chi connectivity index (χ3n) is 4.46. The first-order chi connectivity index (χ1) is 8.74. The molecule has 0 aromatic carbocycles. The Kier molecular flexibility index (Phi) is 3.39. The molecule has 2 atom stereocenters. The molecule has 18 heavy (non-hydrogen) atoms. The monoisotopic (exact) mass is 248 g/mol. The first-order valence-electron chi connectivity index (χ1n) is 7.17. The normalized spacial score (nSPS) is 29.7. The second-order valence-electron chi connectivity index (χ2n) is 5.90. The van der Waals surface area contributed by atoms with Gasteiger partial charge in [0.15, 0.2) is 0 Å². The molecule has 2 fully saturated rings. The van der Waals surface area contributed by atoms with E-state index in [1.54, 1.807) is 0 Å². The standard InChI is InChI=1S/C14H24N4/c1-11-9-16-13(12-3-4-12)10-18(11)7-5-14-15-6-8-17(14)2/h6,8,11-13,16H,3-5,7,9-10H2,1-2H3. The van der Waals surface area contributed by atoms with E-state index in [0.717, 1.165) is 31.5 Å². The molecule has 100 valence electrons. The van der Waals surface area contributed by atoms with Gasteiger partial charge in [0.05, 0.1) is 0 Å². The predicted octanol–water partition coefficient (Wildman–Crippen LogP) is 1.03. The molecule has 4 nitrogen and oxygen atoms in total. The highest BCUT2D eigenvalue weighted by Gasteiger charge is 2.35. The van der Waals surface area contributed by atoms with Gasteiger partial charge in [-0.15, -0.1) is 0 Å². The fourth-order valence-electron chi connectivity index (χ4n) is 2.96. The molecular formula is C14H24N4. The molecule has 0 spiro atoms. The summed E-state index contributed by atoms with van der Waals surface area (Å²) in [5, 5.41) is 3.70. The van der Waals surface area contributed by atoms with Gasteiger partial charge < -0.3 is 9.88 Å². The Labute approximate surface area is 109 Å². The Hall–Kier alpha value is -0.870. The molecule has 0 amide bonds. The summed E-state index contributed by atoms with van der Waals surface area (Å²) in [7, 11) is 2.08. The zero-order chi connectivity index (χ0) is 12.5. The van der Waals surface area contributed by atoms with Gasteiger partial charge in [-0.3, -0.25) is 4.90 Å². The average molecular weight is 248 g/mol. The van der Waals surface area contributed by atoms with Crippen molar-refractivity contribution in [2.24, 2.45) is 13.0 Å². The Balaban J connectivity index is 1.55. The van der Waals surface area contributed by atoms with Crippen LogP contribution >= 0.6 is 0 Å². The van der Waals surface area contributed by atoms with Gasteiger partial charge in [-0.25, -0.2) is 4.98 Å². The van der Waals surface area contributed by atoms with Crippen LogP contribution < -0.4 is 5.32 Å². The van der Waals surface area contributed by atoms with Crippen molar-refractivity contribution in [3.8, 4) is 0 Å². The van der Waals surface area contributed by atoms with E-state index in [2.05, 4.69) is 33.7 Å². The lowest BCUT2D eigenvalue weighted by atomic mass is 10.1. The number of hydrogen-bond acceptors (Lipinski definition) is 3. The number of imidazole rings is 1. The van der Waals surface area contributed by atoms with Crippen LogP contribution in [0.2, 0.25) is 0 Å². The zero-order valence-electron chi connectivity index (χ0n) is 11.5. The summed E-state index contributed by atoms with van der Waals surface area (Å²) in [4.78, 5) is 7.05. The number of rotatable bonds is 4. The number of aryl methyl sites for hydroxylation is 1. The van der Waals surface area contributed by atoms with Gasteiger partial charge in [0.2, 0.25) is 0 Å². The lowest BCUT2D eigenvalue weighted by Crippen LogP contribution is -2.56. The largest absolute Gasteiger partial charge is 0.338 e. The van der Waals surface area contributed by atoms with Crippen molar-refractivity contribution in [1.29, 1.82) is 0 Å². The van der Waals surface area contributed by atoms with Crippen LogP contribution in [-0.2, 0) is 13.5 Å². The molecule has 2 heterocycles. The van der Waals surface area contributed by atoms with Gasteiger partial charge in [-0.1, -0.05) is 0 Å². The first-order valence-corrected chi connectivity index (χ1v) is 7.17. The minimum absolute atomic E-state index is 0.653. The van der Waals surface area contributed by atoms with Crippen LogP contribution in [-0.4, -0.2) is 46.2 Å². The summed E-state index contributed by atoms with van der Waals surface area (Å²) in [6.45, 7) is 5.82. The third kappa shape index (κ3) is 2.59. The topological polar surface area (TPSA) is 33.1 Å². The minimum atomic E-state index is 0.653. The lowest BCUT2D eigenvalue weighted by Gasteiger charge is -2.39. The van der Waals surface area contributed by atoms with Crippen LogP contribution in [0.4, 0.5) is 0 Å². The van der Waals surface area contributed by atoms with E-state index >= 15 is 0 Å². The molecule has 1 N–H and O–H groups in total. The smallest absolute Gasteiger partial charge is 0.109 e. The molecule has 1 aromatic heterocycles. The molecule has 3 rings (SSSR count). The molecule has 1 saturated carbocycles. The quantitative estimate of drug-likeness (QED) is 0.864. The lowest BCUT2D eigenvalue weighted by molar-refractivity contribution is 0.133. The van der Waals surface area contributed by atoms with Crippen molar-refractivity contribution >= 4 is 0 Å². The van der Waals surface area contributed by atoms with E-state index < -0.39 is 0 Å². The van der Waals surface area contributed by atoms with Crippen LogP contribution in [0.3, 0.4) is 0 Å². The number of nitrogens with one attached hydrogen (secondary N) is 1. The Morgan fingerprint density at radius 3 is 2.94 bits per heavy atom. The number of hydrogen-bond donors (Lipinski definition) is 1. The van der Waals surface area contributed by atoms with Crippen LogP contribution in [0.15, 0.2) is 12.4 Å². The summed E-state index contributed by atoms with van der Waals surface area (Å²) in [5.41, 5.74) is 0. The van der Waals surface area contributed by atoms with Crippen molar-refractivity contribution < 1.29 is 0 Å². The number of aromatic nitrogens is 2. The van der Waals surface area contributed by atoms with Crippen LogP contribution in [0.5, 0.6) is 0 Å². The van der Waals surface area contributed by atoms with Crippen molar-refractivity contribution in [2.75, 3.05) is 19.6 Å². The molecule has 2 unspecified atom stereocenters. The molecule has 0 radical (unpaired) electrons. The molecule has 0 bridgehead atoms. The summed E-state index contributed by atoms with van der Waals surface area (Å²) in [6.07, 6.45) is 7.84. The van der Waals surface area contributed by atoms with Crippen LogP contribution in [0.25, 0.3) is 0 Å². The van der Waals surface area contributed by atoms with Crippen LogP contribution in [0, 0.1) is 5.92 Å². The Bertz CT molecular complexity index is 396. The zero-order valence-corrected chi connectivity index (χ0v) is 11.5. The number of nitrogens with zero attached hydrogens (tertiary/aromatic N) is 3. The molecule has 4 heteroatoms. The summed E-state index contributed by atoms with van der Waals surface area (Å²) >= 11 is 0. The summed E-state index contributed by atoms with van der Waals surface area (Å²) < 4.78 is 2.13. The SMILES string of the molecule is CC1CNC(C2CC2)CN1CCc1nccn1C. The van der Waals surface area contributed by atoms with E-state index in [1.165, 1.54) is 25.2 Å². The van der Waals surface area contributed by atoms with E-state index in [4.69, 9.17) is 0 Å². The molecule has 2 aliphatic rings. The van der Waals surface area contributed by atoms with Crippen molar-refractivity contribution in [2.45, 2.75) is 38.3 Å². The van der Waals surface area contributed by atoms with Gasteiger partial charge in [0.25, 0.3) is 0 Å². The van der Waals surface area contributed by atoms with Gasteiger partial charge >= 0.3 is 0 Å². The molecule has 1 saturated heterocycles. The highest BCUT2D eigenvalue weighted by atomic mass is 15.2. The van der Waals surface area contributed by atoms with Gasteiger partial charge in [-0.2, -0.15) is 0 Å². The highest BCUT2D eigenvalue weighted by Crippen LogP contribution is 2.34. The van der Waals surface area contributed by atoms with Crippen LogP contribution in [0.1, 0.15) is 25.6 Å². The van der Waals surface area contributed by atoms with Crippen molar-refractivity contribution in [1.82, 2.24) is 19.8 Å². The van der Waals surface area contributed by atoms with E-state index in [1.807, 2.05) is 12.4 Å². The Morgan fingerprint density at radius 1 is 1.44 bits per heavy atom. The minimum Gasteiger partial charge on any atom is -0.338 e. The third-order valence-corrected chi connectivity index (χ3v) is 4.46. The predicted molar refractivity (Wildman–Crippen MR) is 72.5 cm³/mol. The van der Waals surface area contributed by atoms with Crippen molar-refractivity contribution in [3.63, 3.8) is 0 Å². The fraction of sp³-hybridized carbons (Fsp3) is 0.786. The van der Waals surface area contributed by atoms with Gasteiger partial charge in [0, 0.05) is 57.6 Å². The second-order valence-corrected chi connectivity index (χ2v) is 5.90. The van der Waals surface area contributed by atoms with E-state index in [0.29, 0.717) is 6.04 Å². The maximum Gasteiger partial charge on any atom is 0.109 e. The summed E-state index contributed by atoms with van der Waals surface area (Å²) in [5.74, 6) is 2.15. The molecule has 1 aliphatic carbocycles. The fourth-order valence-corrected chi connectivity index (χ4v) is 2.96. The summed E-state index contributed by atoms with van der Waals surface area (Å²) in [6, 6.07) is 1.39. The van der Waals surface area contributed by atoms with Crippen molar-refractivity contribution in [3.05, 3.63) is 18.2 Å². The first kappa shape index (κ1) is 12.2. The second kappa shape index (κ2) is 5.02. The molecule has 1 aliphatic heterocycles. The van der Waals surface area contributed by atoms with E-state index in [9.17, 15) is 0 Å². The van der Waals surface area contributed by atoms with Gasteiger partial charge in [0.1, 0.15) is 5.82 Å². The molecular weight excluding hydrogens is 224 g/mol. The maximum absolute atomic E-state index is 4.41. The highest BCUT2D eigenvalue weighted by molar-refractivity contribution is 4.96. The maximum atomic E-state index is 4.41. The van der Waals surface area contributed by atoms with Gasteiger partial charge in [-0.05, 0) is 25.7 Å². The molecule has 1 aromatic rings. The van der Waals surface area contributed by atoms with E-state index in [-0.39, 0.29) is 0 Å². The Morgan fingerprint density at radius 2 is 2.28 bits per heavy atom. The number of piperazine rings is 1. The average Bonchev–Trinajstić information content (AvgIpc) is 3.13.